The van der Waals surface area contributed by atoms with E-state index in [1.165, 1.54) is 35.6 Å². The van der Waals surface area contributed by atoms with Gasteiger partial charge in [0.25, 0.3) is 0 Å². The summed E-state index contributed by atoms with van der Waals surface area (Å²) in [5, 5.41) is 33.4. The molecule has 0 amide bonds. The summed E-state index contributed by atoms with van der Waals surface area (Å²) in [5.74, 6) is 0.207. The second-order valence-electron chi connectivity index (χ2n) is 6.76. The number of hydrogen-bond acceptors (Lipinski definition) is 9. The molecule has 3 heterocycles. The molecule has 3 aromatic rings. The highest BCUT2D eigenvalue weighted by atomic mass is 19.4. The number of rotatable bonds is 5. The molecule has 0 saturated carbocycles. The summed E-state index contributed by atoms with van der Waals surface area (Å²) in [4.78, 5) is 12.3. The first-order chi connectivity index (χ1) is 14.8. The first-order valence-corrected chi connectivity index (χ1v) is 9.06. The van der Waals surface area contributed by atoms with Crippen LogP contribution in [0.25, 0.3) is 11.2 Å². The Labute approximate surface area is 172 Å². The molecule has 2 aromatic heterocycles. The summed E-state index contributed by atoms with van der Waals surface area (Å²) >= 11 is 0. The smallest absolute Gasteiger partial charge is 0.394 e. The third-order valence-electron chi connectivity index (χ3n) is 4.77. The van der Waals surface area contributed by atoms with Crippen molar-refractivity contribution in [3.63, 3.8) is 0 Å². The SMILES string of the molecule is OC[C@H]1O[C@@H](n2cnc3c(N/N=C/c4ccc(C(F)(F)F)cc4)ncnc32)[C@@H](O)C1O. The lowest BCUT2D eigenvalue weighted by Crippen LogP contribution is -2.33. The van der Waals surface area contributed by atoms with Crippen LogP contribution in [0, 0.1) is 0 Å². The van der Waals surface area contributed by atoms with Crippen LogP contribution in [0.2, 0.25) is 0 Å². The van der Waals surface area contributed by atoms with Gasteiger partial charge >= 0.3 is 6.18 Å². The predicted molar refractivity (Wildman–Crippen MR) is 101 cm³/mol. The maximum atomic E-state index is 12.6. The number of fused-ring (bicyclic) bond motifs is 1. The molecule has 1 unspecified atom stereocenters. The number of alkyl halides is 3. The molecule has 0 spiro atoms. The van der Waals surface area contributed by atoms with E-state index in [1.54, 1.807) is 0 Å². The Morgan fingerprint density at radius 2 is 1.87 bits per heavy atom. The van der Waals surface area contributed by atoms with Crippen molar-refractivity contribution in [1.29, 1.82) is 0 Å². The van der Waals surface area contributed by atoms with Crippen LogP contribution in [0.5, 0.6) is 0 Å². The molecule has 1 aliphatic heterocycles. The molecule has 4 N–H and O–H groups in total. The molecule has 1 aromatic carbocycles. The molecule has 13 heteroatoms. The summed E-state index contributed by atoms with van der Waals surface area (Å²) in [5.41, 5.74) is 2.88. The lowest BCUT2D eigenvalue weighted by atomic mass is 10.1. The fourth-order valence-electron chi connectivity index (χ4n) is 3.16. The van der Waals surface area contributed by atoms with Gasteiger partial charge in [-0.2, -0.15) is 18.3 Å². The van der Waals surface area contributed by atoms with Crippen LogP contribution in [0.4, 0.5) is 19.0 Å². The van der Waals surface area contributed by atoms with Crippen molar-refractivity contribution < 1.29 is 33.2 Å². The van der Waals surface area contributed by atoms with Gasteiger partial charge in [-0.15, -0.1) is 0 Å². The van der Waals surface area contributed by atoms with Crippen LogP contribution >= 0.6 is 0 Å². The molecule has 0 aliphatic carbocycles. The fraction of sp³-hybridized carbons (Fsp3) is 0.333. The number of ether oxygens (including phenoxy) is 1. The molecule has 1 aliphatic rings. The maximum Gasteiger partial charge on any atom is 0.416 e. The van der Waals surface area contributed by atoms with E-state index in [9.17, 15) is 28.5 Å². The van der Waals surface area contributed by atoms with Crippen molar-refractivity contribution in [2.45, 2.75) is 30.7 Å². The Bertz CT molecular complexity index is 1090. The molecule has 0 bridgehead atoms. The van der Waals surface area contributed by atoms with Gasteiger partial charge in [-0.1, -0.05) is 12.1 Å². The molecular weight excluding hydrogens is 421 g/mol. The third-order valence-corrected chi connectivity index (χ3v) is 4.77. The van der Waals surface area contributed by atoms with E-state index in [-0.39, 0.29) is 17.0 Å². The van der Waals surface area contributed by atoms with E-state index in [0.717, 1.165) is 12.1 Å². The van der Waals surface area contributed by atoms with Crippen molar-refractivity contribution in [3.05, 3.63) is 48.0 Å². The average Bonchev–Trinajstić information content (AvgIpc) is 3.29. The quantitative estimate of drug-likeness (QED) is 0.341. The number of imidazole rings is 1. The molecule has 31 heavy (non-hydrogen) atoms. The minimum atomic E-state index is -4.41. The Morgan fingerprint density at radius 1 is 1.13 bits per heavy atom. The topological polar surface area (TPSA) is 138 Å². The zero-order valence-electron chi connectivity index (χ0n) is 15.7. The Morgan fingerprint density at radius 3 is 2.52 bits per heavy atom. The number of hydrazone groups is 1. The molecular formula is C18H17F3N6O4. The molecule has 4 atom stereocenters. The second-order valence-corrected chi connectivity index (χ2v) is 6.76. The fourth-order valence-corrected chi connectivity index (χ4v) is 3.16. The number of halogens is 3. The van der Waals surface area contributed by atoms with Gasteiger partial charge in [0, 0.05) is 0 Å². The first-order valence-electron chi connectivity index (χ1n) is 9.06. The van der Waals surface area contributed by atoms with Gasteiger partial charge in [0.1, 0.15) is 24.6 Å². The number of aliphatic hydroxyl groups is 3. The van der Waals surface area contributed by atoms with Crippen LogP contribution < -0.4 is 5.43 Å². The van der Waals surface area contributed by atoms with Crippen molar-refractivity contribution in [2.24, 2.45) is 5.10 Å². The summed E-state index contributed by atoms with van der Waals surface area (Å²) in [6.45, 7) is -0.470. The maximum absolute atomic E-state index is 12.6. The first kappa shape index (κ1) is 21.1. The van der Waals surface area contributed by atoms with E-state index in [1.807, 2.05) is 0 Å². The van der Waals surface area contributed by atoms with Gasteiger partial charge < -0.3 is 20.1 Å². The van der Waals surface area contributed by atoms with Crippen molar-refractivity contribution in [2.75, 3.05) is 12.0 Å². The summed E-state index contributed by atoms with van der Waals surface area (Å²) in [6.07, 6.45) is -5.10. The average molecular weight is 438 g/mol. The van der Waals surface area contributed by atoms with Crippen LogP contribution in [0.3, 0.4) is 0 Å². The zero-order valence-corrected chi connectivity index (χ0v) is 15.7. The number of nitrogens with one attached hydrogen (secondary N) is 1. The lowest BCUT2D eigenvalue weighted by Gasteiger charge is -2.16. The van der Waals surface area contributed by atoms with Crippen molar-refractivity contribution in [3.8, 4) is 0 Å². The highest BCUT2D eigenvalue weighted by molar-refractivity contribution is 5.84. The Balaban J connectivity index is 1.53. The highest BCUT2D eigenvalue weighted by Gasteiger charge is 2.44. The lowest BCUT2D eigenvalue weighted by molar-refractivity contribution is -0.137. The molecule has 1 saturated heterocycles. The van der Waals surface area contributed by atoms with E-state index in [4.69, 9.17) is 4.74 Å². The van der Waals surface area contributed by atoms with Crippen LogP contribution in [-0.4, -0.2) is 66.0 Å². The van der Waals surface area contributed by atoms with E-state index in [0.29, 0.717) is 5.56 Å². The van der Waals surface area contributed by atoms with Gasteiger partial charge in [-0.05, 0) is 17.7 Å². The second kappa shape index (κ2) is 8.19. The van der Waals surface area contributed by atoms with Crippen LogP contribution in [0.15, 0.2) is 42.0 Å². The number of anilines is 1. The minimum absolute atomic E-state index is 0.207. The predicted octanol–water partition coefficient (Wildman–Crippen LogP) is 0.903. The Hall–Kier alpha value is -3.13. The van der Waals surface area contributed by atoms with Crippen LogP contribution in [-0.2, 0) is 10.9 Å². The summed E-state index contributed by atoms with van der Waals surface area (Å²) in [7, 11) is 0. The highest BCUT2D eigenvalue weighted by Crippen LogP contribution is 2.32. The van der Waals surface area contributed by atoms with Crippen molar-refractivity contribution >= 4 is 23.2 Å². The van der Waals surface area contributed by atoms with Crippen LogP contribution in [0.1, 0.15) is 17.4 Å². The summed E-state index contributed by atoms with van der Waals surface area (Å²) < 4.78 is 44.7. The number of aliphatic hydroxyl groups excluding tert-OH is 3. The number of aromatic nitrogens is 4. The number of hydrogen-bond donors (Lipinski definition) is 4. The Kier molecular flexibility index (Phi) is 5.58. The minimum Gasteiger partial charge on any atom is -0.394 e. The number of nitrogens with zero attached hydrogens (tertiary/aromatic N) is 5. The van der Waals surface area contributed by atoms with Gasteiger partial charge in [-0.25, -0.2) is 15.0 Å². The molecule has 0 radical (unpaired) electrons. The normalized spacial score (nSPS) is 24.3. The van der Waals surface area contributed by atoms with Gasteiger partial charge in [-0.3, -0.25) is 9.99 Å². The standard InChI is InChI=1S/C18H17F3N6O4/c19-18(20,21)10-3-1-9(2-4-10)5-25-26-15-12-16(23-7-22-15)27(8-24-12)17-14(30)13(29)11(6-28)31-17/h1-5,7-8,11,13-14,17,28-30H,6H2,(H,22,23,26)/b25-5+/t11-,13?,14+,17-/m1/s1. The monoisotopic (exact) mass is 438 g/mol. The number of benzene rings is 1. The van der Waals surface area contributed by atoms with Crippen molar-refractivity contribution in [1.82, 2.24) is 19.5 Å². The molecule has 4 rings (SSSR count). The van der Waals surface area contributed by atoms with E-state index >= 15 is 0 Å². The zero-order chi connectivity index (χ0) is 22.2. The van der Waals surface area contributed by atoms with E-state index < -0.39 is 42.9 Å². The molecule has 164 valence electrons. The van der Waals surface area contributed by atoms with Gasteiger partial charge in [0.05, 0.1) is 24.7 Å². The van der Waals surface area contributed by atoms with E-state index in [2.05, 4.69) is 25.5 Å². The van der Waals surface area contributed by atoms with Gasteiger partial charge in [0.2, 0.25) is 0 Å². The summed E-state index contributed by atoms with van der Waals surface area (Å²) in [6, 6.07) is 4.46. The third kappa shape index (κ3) is 4.07. The largest absolute Gasteiger partial charge is 0.416 e. The molecule has 10 nitrogen and oxygen atoms in total. The van der Waals surface area contributed by atoms with Gasteiger partial charge in [0.15, 0.2) is 23.2 Å². The molecule has 1 fully saturated rings.